The highest BCUT2D eigenvalue weighted by atomic mass is 16.5. The Balaban J connectivity index is 0.000000739. The van der Waals surface area contributed by atoms with E-state index >= 15 is 0 Å². The summed E-state index contributed by atoms with van der Waals surface area (Å²) in [7, 11) is 0. The van der Waals surface area contributed by atoms with Crippen molar-refractivity contribution in [3.8, 4) is 0 Å². The lowest BCUT2D eigenvalue weighted by atomic mass is 9.93. The summed E-state index contributed by atoms with van der Waals surface area (Å²) >= 11 is 0. The van der Waals surface area contributed by atoms with Gasteiger partial charge in [0.2, 0.25) is 11.8 Å². The molecule has 0 saturated heterocycles. The molecule has 7 nitrogen and oxygen atoms in total. The smallest absolute Gasteiger partial charge is 0.244 e. The van der Waals surface area contributed by atoms with Crippen LogP contribution in [0.3, 0.4) is 0 Å². The van der Waals surface area contributed by atoms with E-state index in [1.807, 2.05) is 39.0 Å². The van der Waals surface area contributed by atoms with Crippen molar-refractivity contribution in [3.63, 3.8) is 0 Å². The standard InChI is InChI=1S/C14H21N3O4.C7H8.C3H6/c1-9(2)6-10(7-13(19)17-21)14(20)16-8-12(18)11-4-3-5-15-11;1-7-5-3-2-4-6-7;1-3-2/h3-5,9-10,15,21H,6-8H2,1-2H3,(H,16,20)(H,17,19);2-6H,1H3;3H,1H2,2H3/t10-;;/m1../s1. The minimum atomic E-state index is -0.619. The largest absolute Gasteiger partial charge is 0.359 e. The normalized spacial score (nSPS) is 10.5. The molecule has 170 valence electrons. The Morgan fingerprint density at radius 2 is 1.74 bits per heavy atom. The SMILES string of the molecule is C=CC.CC(C)C[C@H](CC(=O)NO)C(=O)NCC(=O)c1ccc[nH]1.Cc1ccccc1. The van der Waals surface area contributed by atoms with Crippen LogP contribution < -0.4 is 10.8 Å². The Morgan fingerprint density at radius 1 is 1.13 bits per heavy atom. The zero-order chi connectivity index (χ0) is 23.6. The highest BCUT2D eigenvalue weighted by Gasteiger charge is 2.23. The van der Waals surface area contributed by atoms with Gasteiger partial charge in [0, 0.05) is 18.5 Å². The van der Waals surface area contributed by atoms with Gasteiger partial charge >= 0.3 is 0 Å². The second-order valence-electron chi connectivity index (χ2n) is 7.35. The third-order valence-electron chi connectivity index (χ3n) is 3.95. The predicted molar refractivity (Wildman–Crippen MR) is 123 cm³/mol. The molecule has 1 atom stereocenters. The molecule has 0 fully saturated rings. The second kappa shape index (κ2) is 16.6. The van der Waals surface area contributed by atoms with Crippen LogP contribution >= 0.6 is 0 Å². The third-order valence-corrected chi connectivity index (χ3v) is 3.95. The van der Waals surface area contributed by atoms with Gasteiger partial charge in [-0.15, -0.1) is 6.58 Å². The molecule has 0 bridgehead atoms. The van der Waals surface area contributed by atoms with Gasteiger partial charge in [0.15, 0.2) is 5.78 Å². The average Bonchev–Trinajstić information content (AvgIpc) is 3.27. The van der Waals surface area contributed by atoms with Crippen molar-refractivity contribution in [2.45, 2.75) is 40.5 Å². The predicted octanol–water partition coefficient (Wildman–Crippen LogP) is 4.06. The molecule has 0 aliphatic carbocycles. The molecule has 1 aromatic heterocycles. The van der Waals surface area contributed by atoms with Gasteiger partial charge in [-0.25, -0.2) is 5.48 Å². The minimum Gasteiger partial charge on any atom is -0.359 e. The highest BCUT2D eigenvalue weighted by Crippen LogP contribution is 2.15. The highest BCUT2D eigenvalue weighted by molar-refractivity contribution is 5.98. The minimum absolute atomic E-state index is 0.114. The number of hydrogen-bond donors (Lipinski definition) is 4. The fourth-order valence-electron chi connectivity index (χ4n) is 2.57. The molecule has 2 rings (SSSR count). The quantitative estimate of drug-likeness (QED) is 0.219. The van der Waals surface area contributed by atoms with Gasteiger partial charge in [-0.3, -0.25) is 19.6 Å². The summed E-state index contributed by atoms with van der Waals surface area (Å²) in [6.07, 6.45) is 3.76. The van der Waals surface area contributed by atoms with Gasteiger partial charge in [-0.1, -0.05) is 55.8 Å². The van der Waals surface area contributed by atoms with E-state index in [0.29, 0.717) is 12.1 Å². The van der Waals surface area contributed by atoms with Crippen LogP contribution in [0.2, 0.25) is 0 Å². The van der Waals surface area contributed by atoms with Crippen molar-refractivity contribution >= 4 is 17.6 Å². The lowest BCUT2D eigenvalue weighted by molar-refractivity contribution is -0.135. The van der Waals surface area contributed by atoms with Crippen molar-refractivity contribution in [3.05, 3.63) is 72.6 Å². The molecule has 0 saturated carbocycles. The van der Waals surface area contributed by atoms with Gasteiger partial charge < -0.3 is 10.3 Å². The molecule has 0 aliphatic rings. The number of Topliss-reactive ketones (excluding diaryl/α,β-unsaturated/α-hetero) is 1. The number of amides is 2. The molecule has 2 amide bonds. The van der Waals surface area contributed by atoms with Gasteiger partial charge in [-0.2, -0.15) is 0 Å². The van der Waals surface area contributed by atoms with Gasteiger partial charge in [0.1, 0.15) is 0 Å². The Kier molecular flexibility index (Phi) is 14.9. The lowest BCUT2D eigenvalue weighted by Gasteiger charge is -2.17. The van der Waals surface area contributed by atoms with Crippen molar-refractivity contribution in [2.75, 3.05) is 6.54 Å². The fraction of sp³-hybridized carbons (Fsp3) is 0.375. The van der Waals surface area contributed by atoms with Crippen LogP contribution in [0, 0.1) is 18.8 Å². The van der Waals surface area contributed by atoms with Gasteiger partial charge in [-0.05, 0) is 38.3 Å². The number of benzene rings is 1. The molecule has 7 heteroatoms. The number of ketones is 1. The molecule has 31 heavy (non-hydrogen) atoms. The van der Waals surface area contributed by atoms with E-state index in [-0.39, 0.29) is 30.6 Å². The molecule has 0 spiro atoms. The molecular weight excluding hydrogens is 394 g/mol. The third kappa shape index (κ3) is 13.6. The summed E-state index contributed by atoms with van der Waals surface area (Å²) in [4.78, 5) is 37.8. The summed E-state index contributed by atoms with van der Waals surface area (Å²) in [5, 5.41) is 11.1. The van der Waals surface area contributed by atoms with Crippen LogP contribution in [0.1, 0.15) is 49.7 Å². The molecule has 0 aliphatic heterocycles. The van der Waals surface area contributed by atoms with Crippen molar-refractivity contribution in [1.82, 2.24) is 15.8 Å². The zero-order valence-corrected chi connectivity index (χ0v) is 18.9. The molecular formula is C24H35N3O4. The van der Waals surface area contributed by atoms with Crippen molar-refractivity contribution in [1.29, 1.82) is 0 Å². The van der Waals surface area contributed by atoms with Gasteiger partial charge in [0.25, 0.3) is 0 Å². The summed E-state index contributed by atoms with van der Waals surface area (Å²) in [5.74, 6) is -1.58. The summed E-state index contributed by atoms with van der Waals surface area (Å²) in [6.45, 7) is 11.1. The number of allylic oxidation sites excluding steroid dienone is 1. The topological polar surface area (TPSA) is 111 Å². The maximum Gasteiger partial charge on any atom is 0.244 e. The van der Waals surface area contributed by atoms with Crippen molar-refractivity contribution in [2.24, 2.45) is 11.8 Å². The van der Waals surface area contributed by atoms with Crippen LogP contribution in [0.5, 0.6) is 0 Å². The first kappa shape index (κ1) is 27.8. The fourth-order valence-corrected chi connectivity index (χ4v) is 2.57. The first-order valence-corrected chi connectivity index (χ1v) is 10.2. The van der Waals surface area contributed by atoms with Crippen LogP contribution in [-0.4, -0.2) is 34.3 Å². The van der Waals surface area contributed by atoms with Gasteiger partial charge in [0.05, 0.1) is 12.2 Å². The number of aromatic amines is 1. The maximum atomic E-state index is 12.1. The first-order chi connectivity index (χ1) is 14.7. The Labute approximate surface area is 184 Å². The Hall–Kier alpha value is -3.19. The summed E-state index contributed by atoms with van der Waals surface area (Å²) in [5.41, 5.74) is 3.26. The molecule has 4 N–H and O–H groups in total. The maximum absolute atomic E-state index is 12.1. The zero-order valence-electron chi connectivity index (χ0n) is 18.9. The number of aromatic nitrogens is 1. The molecule has 0 radical (unpaired) electrons. The summed E-state index contributed by atoms with van der Waals surface area (Å²) < 4.78 is 0. The molecule has 1 heterocycles. The van der Waals surface area contributed by atoms with E-state index in [0.717, 1.165) is 0 Å². The van der Waals surface area contributed by atoms with Crippen LogP contribution in [-0.2, 0) is 9.59 Å². The monoisotopic (exact) mass is 429 g/mol. The Morgan fingerprint density at radius 3 is 2.16 bits per heavy atom. The van der Waals surface area contributed by atoms with E-state index in [2.05, 4.69) is 35.9 Å². The van der Waals surface area contributed by atoms with E-state index in [9.17, 15) is 14.4 Å². The first-order valence-electron chi connectivity index (χ1n) is 10.2. The van der Waals surface area contributed by atoms with Crippen LogP contribution in [0.15, 0.2) is 61.3 Å². The second-order valence-corrected chi connectivity index (χ2v) is 7.35. The number of carbonyl (C=O) groups excluding carboxylic acids is 3. The Bertz CT molecular complexity index is 771. The number of H-pyrrole nitrogens is 1. The number of carbonyl (C=O) groups is 3. The number of nitrogens with one attached hydrogen (secondary N) is 3. The van der Waals surface area contributed by atoms with E-state index in [1.165, 1.54) is 11.0 Å². The average molecular weight is 430 g/mol. The lowest BCUT2D eigenvalue weighted by Crippen LogP contribution is -2.37. The van der Waals surface area contributed by atoms with Crippen LogP contribution in [0.4, 0.5) is 0 Å². The number of aryl methyl sites for hydroxylation is 1. The molecule has 2 aromatic rings. The van der Waals surface area contributed by atoms with E-state index in [1.54, 1.807) is 24.4 Å². The van der Waals surface area contributed by atoms with Crippen LogP contribution in [0.25, 0.3) is 0 Å². The van der Waals surface area contributed by atoms with E-state index in [4.69, 9.17) is 5.21 Å². The summed E-state index contributed by atoms with van der Waals surface area (Å²) in [6, 6.07) is 13.6. The number of rotatable bonds is 8. The molecule has 0 unspecified atom stereocenters. The van der Waals surface area contributed by atoms with E-state index < -0.39 is 11.8 Å². The molecule has 1 aromatic carbocycles. The number of hydroxylamine groups is 1. The number of hydrogen-bond acceptors (Lipinski definition) is 4. The van der Waals surface area contributed by atoms with Crippen molar-refractivity contribution < 1.29 is 19.6 Å².